The summed E-state index contributed by atoms with van der Waals surface area (Å²) >= 11 is 0. The van der Waals surface area contributed by atoms with E-state index in [0.717, 1.165) is 5.56 Å². The Morgan fingerprint density at radius 2 is 1.78 bits per heavy atom. The summed E-state index contributed by atoms with van der Waals surface area (Å²) in [5.74, 6) is 0.0875. The van der Waals surface area contributed by atoms with Gasteiger partial charge in [-0.15, -0.1) is 0 Å². The van der Waals surface area contributed by atoms with Crippen LogP contribution in [0.1, 0.15) is 27.5 Å². The van der Waals surface area contributed by atoms with Crippen molar-refractivity contribution in [3.8, 4) is 11.5 Å². The molecule has 0 spiro atoms. The van der Waals surface area contributed by atoms with Crippen molar-refractivity contribution in [1.29, 1.82) is 0 Å². The lowest BCUT2D eigenvalue weighted by Gasteiger charge is -2.29. The van der Waals surface area contributed by atoms with Crippen LogP contribution in [-0.4, -0.2) is 53.3 Å². The Morgan fingerprint density at radius 1 is 1.03 bits per heavy atom. The number of hydrogen-bond acceptors (Lipinski definition) is 9. The van der Waals surface area contributed by atoms with Gasteiger partial charge in [-0.25, -0.2) is 4.79 Å². The van der Waals surface area contributed by atoms with Gasteiger partial charge in [-0.05, 0) is 35.5 Å². The Morgan fingerprint density at radius 3 is 2.44 bits per heavy atom. The number of Topliss-reactive ketones (excluding diaryl/α,β-unsaturated/α-hetero) is 1. The molecule has 2 aromatic carbocycles. The number of aromatic nitrogens is 4. The topological polar surface area (TPSA) is 117 Å². The fourth-order valence-electron chi connectivity index (χ4n) is 3.59. The predicted octanol–water partition coefficient (Wildman–Crippen LogP) is 2.32. The van der Waals surface area contributed by atoms with Gasteiger partial charge in [0.1, 0.15) is 23.2 Å². The molecule has 0 bridgehead atoms. The Hall–Kier alpha value is -4.21. The summed E-state index contributed by atoms with van der Waals surface area (Å²) in [6, 6.07) is 11.3. The number of aryl methyl sites for hydroxylation is 1. The molecule has 1 atom stereocenters. The Labute approximate surface area is 183 Å². The minimum absolute atomic E-state index is 0.0461. The van der Waals surface area contributed by atoms with E-state index in [4.69, 9.17) is 14.2 Å². The van der Waals surface area contributed by atoms with Crippen LogP contribution >= 0.6 is 0 Å². The highest BCUT2D eigenvalue weighted by atomic mass is 16.5. The van der Waals surface area contributed by atoms with Crippen molar-refractivity contribution < 1.29 is 23.8 Å². The summed E-state index contributed by atoms with van der Waals surface area (Å²) in [5, 5.41) is 14.6. The molecule has 10 heteroatoms. The molecule has 32 heavy (non-hydrogen) atoms. The second-order valence-corrected chi connectivity index (χ2v) is 7.06. The number of ether oxygens (including phenoxy) is 3. The molecule has 1 aliphatic heterocycles. The number of anilines is 1. The molecule has 164 valence electrons. The molecule has 0 amide bonds. The van der Waals surface area contributed by atoms with Crippen LogP contribution in [0.2, 0.25) is 0 Å². The van der Waals surface area contributed by atoms with Gasteiger partial charge in [0, 0.05) is 11.1 Å². The van der Waals surface area contributed by atoms with Crippen molar-refractivity contribution in [2.45, 2.75) is 13.0 Å². The Balaban J connectivity index is 2.00. The minimum Gasteiger partial charge on any atom is -0.497 e. The van der Waals surface area contributed by atoms with Crippen molar-refractivity contribution in [2.24, 2.45) is 0 Å². The van der Waals surface area contributed by atoms with Gasteiger partial charge in [-0.3, -0.25) is 4.79 Å². The number of nitrogens with one attached hydrogen (secondary N) is 1. The Bertz CT molecular complexity index is 1220. The number of carbonyl (C=O) groups is 2. The number of tetrazole rings is 1. The third kappa shape index (κ3) is 3.55. The molecular weight excluding hydrogens is 414 g/mol. The van der Waals surface area contributed by atoms with Gasteiger partial charge in [0.25, 0.3) is 0 Å². The number of benzene rings is 2. The van der Waals surface area contributed by atoms with Gasteiger partial charge in [0.05, 0.1) is 26.9 Å². The summed E-state index contributed by atoms with van der Waals surface area (Å²) in [6.07, 6.45) is 0. The van der Waals surface area contributed by atoms with Gasteiger partial charge in [-0.1, -0.05) is 34.9 Å². The summed E-state index contributed by atoms with van der Waals surface area (Å²) in [4.78, 5) is 26.5. The molecule has 0 saturated heterocycles. The first-order valence-electron chi connectivity index (χ1n) is 9.69. The largest absolute Gasteiger partial charge is 0.497 e. The SMILES string of the molecule is COC(=O)C1=C(C(=O)c2ccc(C)cc2)C(c2cc(OC)ccc2OC)n2nnnc2N1. The molecule has 0 aliphatic carbocycles. The van der Waals surface area contributed by atoms with Crippen molar-refractivity contribution >= 4 is 17.7 Å². The number of rotatable bonds is 6. The molecule has 1 N–H and O–H groups in total. The van der Waals surface area contributed by atoms with E-state index in [1.807, 2.05) is 19.1 Å². The average Bonchev–Trinajstić information content (AvgIpc) is 3.30. The number of fused-ring (bicyclic) bond motifs is 1. The summed E-state index contributed by atoms with van der Waals surface area (Å²) in [7, 11) is 4.29. The number of ketones is 1. The lowest BCUT2D eigenvalue weighted by Crippen LogP contribution is -2.33. The highest BCUT2D eigenvalue weighted by Crippen LogP contribution is 2.41. The van der Waals surface area contributed by atoms with E-state index >= 15 is 0 Å². The third-order valence-corrected chi connectivity index (χ3v) is 5.20. The van der Waals surface area contributed by atoms with E-state index in [9.17, 15) is 9.59 Å². The molecule has 0 saturated carbocycles. The average molecular weight is 435 g/mol. The second kappa shape index (κ2) is 8.50. The van der Waals surface area contributed by atoms with Gasteiger partial charge >= 0.3 is 5.97 Å². The van der Waals surface area contributed by atoms with E-state index < -0.39 is 12.0 Å². The minimum atomic E-state index is -0.880. The van der Waals surface area contributed by atoms with Crippen molar-refractivity contribution in [3.05, 3.63) is 70.4 Å². The molecule has 1 aliphatic rings. The maximum Gasteiger partial charge on any atom is 0.355 e. The highest BCUT2D eigenvalue weighted by molar-refractivity contribution is 6.15. The molecule has 1 aromatic heterocycles. The molecular formula is C22H21N5O5. The fourth-order valence-corrected chi connectivity index (χ4v) is 3.59. The first-order chi connectivity index (χ1) is 15.5. The molecule has 0 radical (unpaired) electrons. The monoisotopic (exact) mass is 435 g/mol. The molecule has 3 aromatic rings. The number of carbonyl (C=O) groups excluding carboxylic acids is 2. The van der Waals surface area contributed by atoms with E-state index in [1.165, 1.54) is 26.0 Å². The number of esters is 1. The van der Waals surface area contributed by atoms with Crippen LogP contribution in [0, 0.1) is 6.92 Å². The van der Waals surface area contributed by atoms with Crippen LogP contribution in [0.15, 0.2) is 53.7 Å². The number of methoxy groups -OCH3 is 3. The van der Waals surface area contributed by atoms with E-state index in [-0.39, 0.29) is 23.0 Å². The zero-order chi connectivity index (χ0) is 22.8. The molecule has 4 rings (SSSR count). The van der Waals surface area contributed by atoms with Crippen LogP contribution in [0.25, 0.3) is 0 Å². The van der Waals surface area contributed by atoms with Crippen LogP contribution in [0.3, 0.4) is 0 Å². The molecule has 2 heterocycles. The summed E-state index contributed by atoms with van der Waals surface area (Å²) < 4.78 is 17.3. The number of nitrogens with zero attached hydrogens (tertiary/aromatic N) is 4. The first-order valence-corrected chi connectivity index (χ1v) is 9.69. The quantitative estimate of drug-likeness (QED) is 0.460. The zero-order valence-electron chi connectivity index (χ0n) is 17.9. The first kappa shape index (κ1) is 21.0. The number of hydrogen-bond donors (Lipinski definition) is 1. The van der Waals surface area contributed by atoms with Crippen molar-refractivity contribution in [3.63, 3.8) is 0 Å². The van der Waals surface area contributed by atoms with E-state index in [1.54, 1.807) is 30.3 Å². The normalized spacial score (nSPS) is 14.9. The van der Waals surface area contributed by atoms with Gasteiger partial charge < -0.3 is 19.5 Å². The summed E-state index contributed by atoms with van der Waals surface area (Å²) in [6.45, 7) is 1.92. The summed E-state index contributed by atoms with van der Waals surface area (Å²) in [5.41, 5.74) is 2.01. The van der Waals surface area contributed by atoms with Crippen LogP contribution in [0.4, 0.5) is 5.95 Å². The van der Waals surface area contributed by atoms with Gasteiger partial charge in [0.2, 0.25) is 5.95 Å². The third-order valence-electron chi connectivity index (χ3n) is 5.20. The van der Waals surface area contributed by atoms with Crippen LogP contribution in [-0.2, 0) is 9.53 Å². The molecule has 1 unspecified atom stereocenters. The van der Waals surface area contributed by atoms with E-state index in [0.29, 0.717) is 22.6 Å². The predicted molar refractivity (Wildman–Crippen MR) is 114 cm³/mol. The molecule has 10 nitrogen and oxygen atoms in total. The number of allylic oxidation sites excluding steroid dienone is 1. The lowest BCUT2D eigenvalue weighted by atomic mass is 9.88. The zero-order valence-corrected chi connectivity index (χ0v) is 17.9. The highest BCUT2D eigenvalue weighted by Gasteiger charge is 2.40. The maximum atomic E-state index is 13.8. The fraction of sp³-hybridized carbons (Fsp3) is 0.227. The van der Waals surface area contributed by atoms with E-state index in [2.05, 4.69) is 20.8 Å². The Kier molecular flexibility index (Phi) is 5.59. The standard InChI is InChI=1S/C22H21N5O5/c1-12-5-7-13(8-6-12)20(28)17-18(21(29)32-4)23-22-24-25-26-27(22)19(17)15-11-14(30-2)9-10-16(15)31-3/h5-11,19H,1-4H3,(H,23,24,26). The van der Waals surface area contributed by atoms with Crippen molar-refractivity contribution in [2.75, 3.05) is 26.6 Å². The van der Waals surface area contributed by atoms with Crippen molar-refractivity contribution in [1.82, 2.24) is 20.2 Å². The van der Waals surface area contributed by atoms with Gasteiger partial charge in [0.15, 0.2) is 5.78 Å². The van der Waals surface area contributed by atoms with Gasteiger partial charge in [-0.2, -0.15) is 4.68 Å². The van der Waals surface area contributed by atoms with Crippen LogP contribution < -0.4 is 14.8 Å². The smallest absolute Gasteiger partial charge is 0.355 e. The maximum absolute atomic E-state index is 13.8. The van der Waals surface area contributed by atoms with Crippen LogP contribution in [0.5, 0.6) is 11.5 Å². The second-order valence-electron chi connectivity index (χ2n) is 7.06. The molecule has 0 fully saturated rings. The lowest BCUT2D eigenvalue weighted by molar-refractivity contribution is -0.136.